The molecule has 40 heavy (non-hydrogen) atoms. The fourth-order valence-corrected chi connectivity index (χ4v) is 5.45. The fourth-order valence-electron chi connectivity index (χ4n) is 5.45. The van der Waals surface area contributed by atoms with Crippen molar-refractivity contribution >= 4 is 22.8 Å². The van der Waals surface area contributed by atoms with Gasteiger partial charge in [-0.2, -0.15) is 9.97 Å². The van der Waals surface area contributed by atoms with Crippen LogP contribution in [0.1, 0.15) is 36.9 Å². The van der Waals surface area contributed by atoms with E-state index in [1.54, 1.807) is 42.7 Å². The number of hydrogen-bond donors (Lipinski definition) is 2. The lowest BCUT2D eigenvalue weighted by Crippen LogP contribution is -2.37. The van der Waals surface area contributed by atoms with E-state index in [4.69, 9.17) is 9.72 Å². The SMILES string of the molecule is OC(c1cccnc1)N1CC[C@H](CCNc2nc(N3CCOCC3)cc(-n3c(C(F)F)nc4ccccc43)n2)C1. The van der Waals surface area contributed by atoms with Crippen LogP contribution in [0.3, 0.4) is 0 Å². The smallest absolute Gasteiger partial charge is 0.296 e. The molecule has 2 atom stereocenters. The summed E-state index contributed by atoms with van der Waals surface area (Å²) in [6.45, 7) is 4.64. The molecule has 4 aromatic rings. The number of aromatic nitrogens is 5. The lowest BCUT2D eigenvalue weighted by molar-refractivity contribution is 0.0159. The highest BCUT2D eigenvalue weighted by atomic mass is 19.3. The maximum Gasteiger partial charge on any atom is 0.296 e. The van der Waals surface area contributed by atoms with E-state index in [1.165, 1.54) is 4.57 Å². The Hall–Kier alpha value is -3.74. The first-order valence-corrected chi connectivity index (χ1v) is 13.6. The number of fused-ring (bicyclic) bond motifs is 1. The zero-order valence-corrected chi connectivity index (χ0v) is 22.0. The van der Waals surface area contributed by atoms with E-state index in [9.17, 15) is 13.9 Å². The van der Waals surface area contributed by atoms with Crippen LogP contribution in [0.2, 0.25) is 0 Å². The van der Waals surface area contributed by atoms with Crippen LogP contribution < -0.4 is 10.2 Å². The molecule has 0 aliphatic carbocycles. The van der Waals surface area contributed by atoms with Crippen LogP contribution in [0.4, 0.5) is 20.5 Å². The predicted octanol–water partition coefficient (Wildman–Crippen LogP) is 3.80. The van der Waals surface area contributed by atoms with Crippen LogP contribution >= 0.6 is 0 Å². The van der Waals surface area contributed by atoms with Gasteiger partial charge in [0, 0.05) is 56.7 Å². The normalized spacial score (nSPS) is 19.0. The summed E-state index contributed by atoms with van der Waals surface area (Å²) in [5, 5.41) is 14.1. The van der Waals surface area contributed by atoms with E-state index < -0.39 is 12.7 Å². The number of alkyl halides is 2. The van der Waals surface area contributed by atoms with Crippen molar-refractivity contribution in [1.82, 2.24) is 29.4 Å². The molecule has 2 N–H and O–H groups in total. The van der Waals surface area contributed by atoms with Crippen LogP contribution in [0.25, 0.3) is 16.9 Å². The summed E-state index contributed by atoms with van der Waals surface area (Å²) in [7, 11) is 0. The molecule has 1 unspecified atom stereocenters. The summed E-state index contributed by atoms with van der Waals surface area (Å²) >= 11 is 0. The van der Waals surface area contributed by atoms with Gasteiger partial charge in [0.15, 0.2) is 5.82 Å². The largest absolute Gasteiger partial charge is 0.378 e. The number of nitrogens with zero attached hydrogens (tertiary/aromatic N) is 7. The zero-order valence-electron chi connectivity index (χ0n) is 22.0. The second-order valence-corrected chi connectivity index (χ2v) is 10.1. The van der Waals surface area contributed by atoms with Crippen LogP contribution in [0.5, 0.6) is 0 Å². The standard InChI is InChI=1S/C28H32F2N8O2/c29-25(30)26-33-21-5-1-2-6-22(21)38(26)24-16-23(36-12-14-40-15-13-36)34-28(35-24)32-10-7-19-8-11-37(18-19)27(39)20-4-3-9-31-17-20/h1-6,9,16-17,19,25,27,39H,7-8,10-15,18H2,(H,32,34,35)/t19-,27?/m0/s1. The average Bonchev–Trinajstić information content (AvgIpc) is 3.63. The van der Waals surface area contributed by atoms with E-state index in [2.05, 4.69) is 30.1 Å². The molecule has 2 fully saturated rings. The van der Waals surface area contributed by atoms with Gasteiger partial charge < -0.3 is 20.1 Å². The maximum absolute atomic E-state index is 14.1. The Morgan fingerprint density at radius 1 is 1.02 bits per heavy atom. The highest BCUT2D eigenvalue weighted by Gasteiger charge is 2.28. The molecular formula is C28H32F2N8O2. The topological polar surface area (TPSA) is 104 Å². The highest BCUT2D eigenvalue weighted by molar-refractivity contribution is 5.78. The fraction of sp³-hybridized carbons (Fsp3) is 0.429. The molecule has 10 nitrogen and oxygen atoms in total. The van der Waals surface area contributed by atoms with Crippen LogP contribution in [0.15, 0.2) is 54.9 Å². The molecule has 12 heteroatoms. The number of aliphatic hydroxyl groups is 1. The van der Waals surface area contributed by atoms with Gasteiger partial charge in [0.25, 0.3) is 6.43 Å². The third kappa shape index (κ3) is 5.60. The van der Waals surface area contributed by atoms with E-state index in [1.807, 2.05) is 12.1 Å². The Balaban J connectivity index is 1.21. The van der Waals surface area contributed by atoms with E-state index in [0.29, 0.717) is 67.4 Å². The zero-order chi connectivity index (χ0) is 27.5. The van der Waals surface area contributed by atoms with Crippen molar-refractivity contribution in [2.24, 2.45) is 5.92 Å². The Morgan fingerprint density at radius 2 is 1.85 bits per heavy atom. The van der Waals surface area contributed by atoms with Crippen LogP contribution in [-0.4, -0.2) is 80.4 Å². The first kappa shape index (κ1) is 26.5. The molecule has 2 saturated heterocycles. The van der Waals surface area contributed by atoms with Gasteiger partial charge in [0.2, 0.25) is 5.95 Å². The first-order chi connectivity index (χ1) is 19.6. The highest BCUT2D eigenvalue weighted by Crippen LogP contribution is 2.30. The minimum atomic E-state index is -2.77. The van der Waals surface area contributed by atoms with Crippen molar-refractivity contribution in [2.45, 2.75) is 25.5 Å². The van der Waals surface area contributed by atoms with Gasteiger partial charge in [0.05, 0.1) is 24.2 Å². The Bertz CT molecular complexity index is 1430. The number of imidazole rings is 1. The van der Waals surface area contributed by atoms with Crippen molar-refractivity contribution in [1.29, 1.82) is 0 Å². The van der Waals surface area contributed by atoms with Gasteiger partial charge in [-0.15, -0.1) is 0 Å². The van der Waals surface area contributed by atoms with Crippen LogP contribution in [-0.2, 0) is 4.74 Å². The van der Waals surface area contributed by atoms with Crippen molar-refractivity contribution in [3.05, 3.63) is 66.2 Å². The van der Waals surface area contributed by atoms with Crippen molar-refractivity contribution in [2.75, 3.05) is 56.2 Å². The molecule has 1 aromatic carbocycles. The molecule has 2 aliphatic rings. The lowest BCUT2D eigenvalue weighted by Gasteiger charge is -2.28. The molecule has 3 aromatic heterocycles. The minimum absolute atomic E-state index is 0.342. The monoisotopic (exact) mass is 550 g/mol. The van der Waals surface area contributed by atoms with Gasteiger partial charge in [-0.1, -0.05) is 18.2 Å². The number of anilines is 2. The summed E-state index contributed by atoms with van der Waals surface area (Å²) < 4.78 is 35.1. The molecule has 6 rings (SSSR count). The first-order valence-electron chi connectivity index (χ1n) is 13.6. The lowest BCUT2D eigenvalue weighted by atomic mass is 10.1. The molecule has 0 amide bonds. The average molecular weight is 551 g/mol. The van der Waals surface area contributed by atoms with Gasteiger partial charge in [0.1, 0.15) is 17.9 Å². The van der Waals surface area contributed by atoms with Gasteiger partial charge >= 0.3 is 0 Å². The Kier molecular flexibility index (Phi) is 7.80. The minimum Gasteiger partial charge on any atom is -0.378 e. The number of pyridine rings is 1. The number of hydrogen-bond acceptors (Lipinski definition) is 9. The van der Waals surface area contributed by atoms with Gasteiger partial charge in [-0.05, 0) is 37.0 Å². The summed E-state index contributed by atoms with van der Waals surface area (Å²) in [6, 6.07) is 12.5. The summed E-state index contributed by atoms with van der Waals surface area (Å²) in [5.41, 5.74) is 1.84. The third-order valence-electron chi connectivity index (χ3n) is 7.53. The molecule has 0 radical (unpaired) electrons. The number of para-hydroxylation sites is 2. The second kappa shape index (κ2) is 11.8. The number of likely N-dealkylation sites (tertiary alicyclic amines) is 1. The molecule has 2 aliphatic heterocycles. The molecule has 0 bridgehead atoms. The predicted molar refractivity (Wildman–Crippen MR) is 147 cm³/mol. The molecule has 210 valence electrons. The second-order valence-electron chi connectivity index (χ2n) is 10.1. The number of morpholine rings is 1. The van der Waals surface area contributed by atoms with E-state index in [0.717, 1.165) is 31.5 Å². The molecule has 5 heterocycles. The van der Waals surface area contributed by atoms with Crippen molar-refractivity contribution in [3.63, 3.8) is 0 Å². The number of halogens is 2. The third-order valence-corrected chi connectivity index (χ3v) is 7.53. The Labute approximate surface area is 230 Å². The van der Waals surface area contributed by atoms with E-state index in [-0.39, 0.29) is 5.82 Å². The number of rotatable bonds is 9. The Morgan fingerprint density at radius 3 is 2.65 bits per heavy atom. The summed E-state index contributed by atoms with van der Waals surface area (Å²) in [5.74, 6) is 1.41. The quantitative estimate of drug-likeness (QED) is 0.322. The number of ether oxygens (including phenoxy) is 1. The number of nitrogens with one attached hydrogen (secondary N) is 1. The van der Waals surface area contributed by atoms with Gasteiger partial charge in [-0.25, -0.2) is 13.8 Å². The van der Waals surface area contributed by atoms with E-state index >= 15 is 0 Å². The maximum atomic E-state index is 14.1. The van der Waals surface area contributed by atoms with Gasteiger partial charge in [-0.3, -0.25) is 14.5 Å². The molecule has 0 saturated carbocycles. The van der Waals surface area contributed by atoms with Crippen LogP contribution in [0, 0.1) is 5.92 Å². The van der Waals surface area contributed by atoms with Crippen molar-refractivity contribution in [3.8, 4) is 5.82 Å². The molecule has 0 spiro atoms. The molecular weight excluding hydrogens is 518 g/mol. The number of aliphatic hydroxyl groups excluding tert-OH is 1. The summed E-state index contributed by atoms with van der Waals surface area (Å²) in [6.07, 6.45) is 1.78. The summed E-state index contributed by atoms with van der Waals surface area (Å²) in [4.78, 5) is 21.8. The number of benzene rings is 1. The van der Waals surface area contributed by atoms with Crippen molar-refractivity contribution < 1.29 is 18.6 Å².